The number of hydrogen-bond acceptors (Lipinski definition) is 3. The fourth-order valence-electron chi connectivity index (χ4n) is 1.60. The van der Waals surface area contributed by atoms with Gasteiger partial charge in [0.25, 0.3) is 0 Å². The number of nitrogens with zero attached hydrogens (tertiary/aromatic N) is 2. The van der Waals surface area contributed by atoms with Crippen LogP contribution in [0.5, 0.6) is 0 Å². The van der Waals surface area contributed by atoms with Crippen LogP contribution in [0.25, 0.3) is 0 Å². The molecule has 2 aromatic rings. The molecule has 3 nitrogen and oxygen atoms in total. The molecule has 0 bridgehead atoms. The van der Waals surface area contributed by atoms with E-state index in [-0.39, 0.29) is 0 Å². The summed E-state index contributed by atoms with van der Waals surface area (Å²) >= 11 is 11.0. The number of halogens is 2. The van der Waals surface area contributed by atoms with Crippen LogP contribution in [0.1, 0.15) is 22.9 Å². The van der Waals surface area contributed by atoms with E-state index in [0.717, 1.165) is 15.7 Å². The highest BCUT2D eigenvalue weighted by Gasteiger charge is 2.22. The Morgan fingerprint density at radius 2 is 2.25 bits per heavy atom. The molecule has 1 unspecified atom stereocenters. The van der Waals surface area contributed by atoms with E-state index >= 15 is 0 Å². The molecule has 6 heteroatoms. The molecule has 0 fully saturated rings. The van der Waals surface area contributed by atoms with E-state index < -0.39 is 6.10 Å². The molecule has 0 aliphatic carbocycles. The van der Waals surface area contributed by atoms with Crippen LogP contribution < -0.4 is 0 Å². The highest BCUT2D eigenvalue weighted by atomic mass is 79.9. The number of aryl methyl sites for hydroxylation is 2. The third-order valence-electron chi connectivity index (χ3n) is 2.41. The number of hydrogen-bond donors (Lipinski definition) is 1. The summed E-state index contributed by atoms with van der Waals surface area (Å²) in [7, 11) is 1.76. The second kappa shape index (κ2) is 4.49. The first kappa shape index (κ1) is 12.1. The van der Waals surface area contributed by atoms with Gasteiger partial charge in [-0.1, -0.05) is 11.6 Å². The van der Waals surface area contributed by atoms with Crippen molar-refractivity contribution in [2.24, 2.45) is 7.05 Å². The van der Waals surface area contributed by atoms with E-state index in [1.165, 1.54) is 11.3 Å². The van der Waals surface area contributed by atoms with Gasteiger partial charge in [0.1, 0.15) is 11.3 Å². The van der Waals surface area contributed by atoms with Gasteiger partial charge in [-0.15, -0.1) is 0 Å². The molecule has 2 aromatic heterocycles. The van der Waals surface area contributed by atoms with Gasteiger partial charge in [-0.25, -0.2) is 0 Å². The zero-order valence-corrected chi connectivity index (χ0v) is 11.9. The largest absolute Gasteiger partial charge is 0.383 e. The van der Waals surface area contributed by atoms with Crippen LogP contribution in [0.3, 0.4) is 0 Å². The third-order valence-corrected chi connectivity index (χ3v) is 4.61. The number of aliphatic hydroxyl groups is 1. The Balaban J connectivity index is 2.49. The standard InChI is InChI=1S/C10H10BrClN2OS/c1-5-8(10(12)14(2)13-5)9(15)6-3-16-4-7(6)11/h3-4,9,15H,1-2H3. The van der Waals surface area contributed by atoms with Gasteiger partial charge < -0.3 is 5.11 Å². The van der Waals surface area contributed by atoms with Gasteiger partial charge >= 0.3 is 0 Å². The lowest BCUT2D eigenvalue weighted by atomic mass is 10.1. The van der Waals surface area contributed by atoms with Crippen molar-refractivity contribution in [2.45, 2.75) is 13.0 Å². The molecular weight excluding hydrogens is 312 g/mol. The van der Waals surface area contributed by atoms with E-state index in [2.05, 4.69) is 21.0 Å². The van der Waals surface area contributed by atoms with Crippen molar-refractivity contribution in [3.8, 4) is 0 Å². The molecule has 0 aliphatic heterocycles. The van der Waals surface area contributed by atoms with Crippen molar-refractivity contribution >= 4 is 38.9 Å². The molecule has 0 saturated carbocycles. The Morgan fingerprint density at radius 3 is 2.69 bits per heavy atom. The van der Waals surface area contributed by atoms with Gasteiger partial charge in [0.2, 0.25) is 0 Å². The van der Waals surface area contributed by atoms with Crippen LogP contribution in [0.4, 0.5) is 0 Å². The smallest absolute Gasteiger partial charge is 0.133 e. The number of aromatic nitrogens is 2. The molecule has 0 aromatic carbocycles. The van der Waals surface area contributed by atoms with Crippen molar-refractivity contribution in [3.05, 3.63) is 37.2 Å². The fraction of sp³-hybridized carbons (Fsp3) is 0.300. The first-order valence-electron chi connectivity index (χ1n) is 4.61. The Bertz CT molecular complexity index is 523. The zero-order chi connectivity index (χ0) is 11.9. The first-order valence-corrected chi connectivity index (χ1v) is 6.72. The maximum atomic E-state index is 10.3. The monoisotopic (exact) mass is 320 g/mol. The Labute approximate surface area is 111 Å². The minimum absolute atomic E-state index is 0.475. The quantitative estimate of drug-likeness (QED) is 0.921. The van der Waals surface area contributed by atoms with E-state index in [9.17, 15) is 5.11 Å². The Kier molecular flexibility index (Phi) is 3.39. The summed E-state index contributed by atoms with van der Waals surface area (Å²) in [5.74, 6) is 0. The minimum atomic E-state index is -0.734. The SMILES string of the molecule is Cc1nn(C)c(Cl)c1C(O)c1cscc1Br. The number of rotatable bonds is 2. The Morgan fingerprint density at radius 1 is 1.56 bits per heavy atom. The molecule has 0 radical (unpaired) electrons. The highest BCUT2D eigenvalue weighted by molar-refractivity contribution is 9.10. The first-order chi connectivity index (χ1) is 7.52. The molecular formula is C10H10BrClN2OS. The van der Waals surface area contributed by atoms with Gasteiger partial charge in [-0.05, 0) is 28.2 Å². The second-order valence-corrected chi connectivity index (χ2v) is 5.45. The molecule has 0 amide bonds. The number of thiophene rings is 1. The van der Waals surface area contributed by atoms with Crippen LogP contribution in [-0.4, -0.2) is 14.9 Å². The maximum Gasteiger partial charge on any atom is 0.133 e. The molecule has 16 heavy (non-hydrogen) atoms. The van der Waals surface area contributed by atoms with Crippen LogP contribution >= 0.6 is 38.9 Å². The Hall–Kier alpha value is -0.360. The zero-order valence-electron chi connectivity index (χ0n) is 8.74. The normalized spacial score (nSPS) is 13.1. The topological polar surface area (TPSA) is 38.0 Å². The molecule has 1 N–H and O–H groups in total. The summed E-state index contributed by atoms with van der Waals surface area (Å²) in [6.45, 7) is 1.84. The summed E-state index contributed by atoms with van der Waals surface area (Å²) in [6.07, 6.45) is -0.734. The molecule has 2 heterocycles. The van der Waals surface area contributed by atoms with Crippen LogP contribution in [-0.2, 0) is 7.05 Å². The van der Waals surface area contributed by atoms with E-state index in [1.807, 2.05) is 17.7 Å². The maximum absolute atomic E-state index is 10.3. The molecule has 2 rings (SSSR count). The van der Waals surface area contributed by atoms with Gasteiger partial charge in [0.05, 0.1) is 5.69 Å². The molecule has 86 valence electrons. The molecule has 0 saturated heterocycles. The molecule has 1 atom stereocenters. The van der Waals surface area contributed by atoms with Crippen molar-refractivity contribution in [1.82, 2.24) is 9.78 Å². The summed E-state index contributed by atoms with van der Waals surface area (Å²) in [6, 6.07) is 0. The van der Waals surface area contributed by atoms with Crippen LogP contribution in [0.2, 0.25) is 5.15 Å². The van der Waals surface area contributed by atoms with E-state index in [1.54, 1.807) is 11.7 Å². The van der Waals surface area contributed by atoms with Gasteiger partial charge in [0, 0.05) is 28.0 Å². The van der Waals surface area contributed by atoms with Gasteiger partial charge in [-0.2, -0.15) is 16.4 Å². The number of aliphatic hydroxyl groups excluding tert-OH is 1. The van der Waals surface area contributed by atoms with E-state index in [4.69, 9.17) is 11.6 Å². The second-order valence-electron chi connectivity index (χ2n) is 3.49. The average molecular weight is 322 g/mol. The lowest BCUT2D eigenvalue weighted by Gasteiger charge is -2.09. The van der Waals surface area contributed by atoms with Crippen molar-refractivity contribution in [1.29, 1.82) is 0 Å². The van der Waals surface area contributed by atoms with Crippen molar-refractivity contribution in [2.75, 3.05) is 0 Å². The van der Waals surface area contributed by atoms with Crippen molar-refractivity contribution < 1.29 is 5.11 Å². The predicted molar refractivity (Wildman–Crippen MR) is 69.0 cm³/mol. The summed E-state index contributed by atoms with van der Waals surface area (Å²) < 4.78 is 2.46. The van der Waals surface area contributed by atoms with Crippen LogP contribution in [0, 0.1) is 6.92 Å². The lowest BCUT2D eigenvalue weighted by Crippen LogP contribution is -2.00. The van der Waals surface area contributed by atoms with Gasteiger partial charge in [-0.3, -0.25) is 4.68 Å². The van der Waals surface area contributed by atoms with Gasteiger partial charge in [0.15, 0.2) is 0 Å². The van der Waals surface area contributed by atoms with Crippen molar-refractivity contribution in [3.63, 3.8) is 0 Å². The highest BCUT2D eigenvalue weighted by Crippen LogP contribution is 2.35. The lowest BCUT2D eigenvalue weighted by molar-refractivity contribution is 0.219. The summed E-state index contributed by atoms with van der Waals surface area (Å²) in [5.41, 5.74) is 2.24. The van der Waals surface area contributed by atoms with E-state index in [0.29, 0.717) is 10.7 Å². The summed E-state index contributed by atoms with van der Waals surface area (Å²) in [5, 5.41) is 18.8. The van der Waals surface area contributed by atoms with Crippen LogP contribution in [0.15, 0.2) is 15.2 Å². The predicted octanol–water partition coefficient (Wildman–Crippen LogP) is 3.29. The summed E-state index contributed by atoms with van der Waals surface area (Å²) in [4.78, 5) is 0. The third kappa shape index (κ3) is 1.93. The molecule has 0 aliphatic rings. The fourth-order valence-corrected chi connectivity index (χ4v) is 3.41. The molecule has 0 spiro atoms. The average Bonchev–Trinajstić information content (AvgIpc) is 2.73. The minimum Gasteiger partial charge on any atom is -0.383 e.